The van der Waals surface area contributed by atoms with Gasteiger partial charge in [-0.25, -0.2) is 4.98 Å². The summed E-state index contributed by atoms with van der Waals surface area (Å²) in [5.41, 5.74) is 2.56. The van der Waals surface area contributed by atoms with Crippen LogP contribution in [0.2, 0.25) is 0 Å². The van der Waals surface area contributed by atoms with Crippen molar-refractivity contribution in [3.8, 4) is 0 Å². The van der Waals surface area contributed by atoms with Gasteiger partial charge in [0.05, 0.1) is 0 Å². The first kappa shape index (κ1) is 17.0. The molecule has 0 fully saturated rings. The van der Waals surface area contributed by atoms with Crippen molar-refractivity contribution in [3.63, 3.8) is 0 Å². The zero-order chi connectivity index (χ0) is 14.8. The molecule has 0 unspecified atom stereocenters. The summed E-state index contributed by atoms with van der Waals surface area (Å²) in [6.07, 6.45) is 4.64. The smallest absolute Gasteiger partial charge is 0.129 e. The first-order valence-corrected chi connectivity index (χ1v) is 8.20. The van der Waals surface area contributed by atoms with E-state index in [9.17, 15) is 0 Å². The zero-order valence-corrected chi connectivity index (χ0v) is 13.7. The molecule has 0 aromatic carbocycles. The summed E-state index contributed by atoms with van der Waals surface area (Å²) >= 11 is 0. The minimum atomic E-state index is 0.946. The van der Waals surface area contributed by atoms with E-state index >= 15 is 0 Å². The van der Waals surface area contributed by atoms with Crippen molar-refractivity contribution < 1.29 is 0 Å². The topological polar surface area (TPSA) is 28.2 Å². The summed E-state index contributed by atoms with van der Waals surface area (Å²) in [6, 6.07) is 4.49. The highest BCUT2D eigenvalue weighted by Gasteiger charge is 2.08. The van der Waals surface area contributed by atoms with E-state index in [1.54, 1.807) is 0 Å². The molecule has 1 N–H and O–H groups in total. The largest absolute Gasteiger partial charge is 0.357 e. The molecule has 0 aliphatic rings. The molecule has 0 radical (unpaired) electrons. The molecule has 0 saturated heterocycles. The number of hydrogen-bond donors (Lipinski definition) is 1. The monoisotopic (exact) mass is 277 g/mol. The number of aryl methyl sites for hydroxylation is 1. The van der Waals surface area contributed by atoms with Gasteiger partial charge < -0.3 is 10.2 Å². The van der Waals surface area contributed by atoms with Gasteiger partial charge in [0.25, 0.3) is 0 Å². The Balaban J connectivity index is 2.84. The second-order valence-corrected chi connectivity index (χ2v) is 5.29. The highest BCUT2D eigenvalue weighted by Crippen LogP contribution is 2.16. The lowest BCUT2D eigenvalue weighted by molar-refractivity contribution is 0.672. The number of nitrogens with zero attached hydrogens (tertiary/aromatic N) is 2. The third-order valence-electron chi connectivity index (χ3n) is 3.53. The van der Waals surface area contributed by atoms with E-state index in [4.69, 9.17) is 4.98 Å². The molecule has 0 aliphatic heterocycles. The average molecular weight is 277 g/mol. The Kier molecular flexibility index (Phi) is 8.28. The maximum atomic E-state index is 4.80. The molecule has 114 valence electrons. The van der Waals surface area contributed by atoms with E-state index in [0.717, 1.165) is 38.4 Å². The van der Waals surface area contributed by atoms with Gasteiger partial charge in [-0.3, -0.25) is 0 Å². The van der Waals surface area contributed by atoms with Crippen LogP contribution in [-0.2, 0) is 13.0 Å². The molecular formula is C17H31N3. The van der Waals surface area contributed by atoms with Gasteiger partial charge >= 0.3 is 0 Å². The number of hydrogen-bond acceptors (Lipinski definition) is 3. The fraction of sp³-hybridized carbons (Fsp3) is 0.706. The molecule has 1 heterocycles. The first-order chi connectivity index (χ1) is 9.74. The molecule has 3 heteroatoms. The van der Waals surface area contributed by atoms with E-state index in [0.29, 0.717) is 0 Å². The number of unbranched alkanes of at least 4 members (excludes halogenated alkanes) is 1. The van der Waals surface area contributed by atoms with E-state index in [-0.39, 0.29) is 0 Å². The lowest BCUT2D eigenvalue weighted by Crippen LogP contribution is -2.25. The average Bonchev–Trinajstić information content (AvgIpc) is 2.48. The van der Waals surface area contributed by atoms with Crippen LogP contribution in [0.15, 0.2) is 12.1 Å². The Morgan fingerprint density at radius 2 is 1.90 bits per heavy atom. The Hall–Kier alpha value is -1.09. The van der Waals surface area contributed by atoms with Gasteiger partial charge in [-0.2, -0.15) is 0 Å². The number of pyridine rings is 1. The molecule has 0 amide bonds. The summed E-state index contributed by atoms with van der Waals surface area (Å²) in [5.74, 6) is 1.15. The van der Waals surface area contributed by atoms with Gasteiger partial charge in [0.2, 0.25) is 0 Å². The number of rotatable bonds is 10. The van der Waals surface area contributed by atoms with Gasteiger partial charge in [0.15, 0.2) is 0 Å². The van der Waals surface area contributed by atoms with Crippen LogP contribution in [-0.4, -0.2) is 24.6 Å². The molecule has 1 aromatic heterocycles. The van der Waals surface area contributed by atoms with E-state index in [1.807, 2.05) is 0 Å². The van der Waals surface area contributed by atoms with Gasteiger partial charge in [-0.15, -0.1) is 0 Å². The molecule has 1 rings (SSSR count). The second kappa shape index (κ2) is 9.76. The molecule has 0 aliphatic carbocycles. The van der Waals surface area contributed by atoms with Crippen LogP contribution >= 0.6 is 0 Å². The minimum Gasteiger partial charge on any atom is -0.357 e. The fourth-order valence-electron chi connectivity index (χ4n) is 2.27. The predicted molar refractivity (Wildman–Crippen MR) is 88.4 cm³/mol. The van der Waals surface area contributed by atoms with Crippen LogP contribution in [0.25, 0.3) is 0 Å². The molecule has 20 heavy (non-hydrogen) atoms. The number of aromatic nitrogens is 1. The summed E-state index contributed by atoms with van der Waals surface area (Å²) in [5, 5.41) is 3.48. The SMILES string of the molecule is CCCCN(CC)c1cc(CNCCC)cc(CC)n1. The quantitative estimate of drug-likeness (QED) is 0.660. The van der Waals surface area contributed by atoms with Crippen molar-refractivity contribution in [2.45, 2.75) is 59.9 Å². The molecule has 0 spiro atoms. The predicted octanol–water partition coefficient (Wildman–Crippen LogP) is 3.77. The summed E-state index contributed by atoms with van der Waals surface area (Å²) < 4.78 is 0. The van der Waals surface area contributed by atoms with Crippen LogP contribution in [0.5, 0.6) is 0 Å². The lowest BCUT2D eigenvalue weighted by atomic mass is 10.1. The van der Waals surface area contributed by atoms with Crippen LogP contribution in [0.1, 0.15) is 58.2 Å². The molecule has 0 bridgehead atoms. The zero-order valence-electron chi connectivity index (χ0n) is 13.7. The Bertz CT molecular complexity index is 376. The molecular weight excluding hydrogens is 246 g/mol. The van der Waals surface area contributed by atoms with Crippen LogP contribution in [0.4, 0.5) is 5.82 Å². The summed E-state index contributed by atoms with van der Waals surface area (Å²) in [7, 11) is 0. The highest BCUT2D eigenvalue weighted by molar-refractivity contribution is 5.42. The molecule has 1 aromatic rings. The Morgan fingerprint density at radius 1 is 1.10 bits per heavy atom. The van der Waals surface area contributed by atoms with Gasteiger partial charge in [-0.1, -0.05) is 27.2 Å². The standard InChI is InChI=1S/C17H31N3/c1-5-9-11-20(8-4)17-13-15(14-18-10-6-2)12-16(7-3)19-17/h12-13,18H,5-11,14H2,1-4H3. The van der Waals surface area contributed by atoms with Crippen LogP contribution < -0.4 is 10.2 Å². The van der Waals surface area contributed by atoms with Gasteiger partial charge in [-0.05, 0) is 50.4 Å². The van der Waals surface area contributed by atoms with Crippen molar-refractivity contribution in [2.24, 2.45) is 0 Å². The number of nitrogens with one attached hydrogen (secondary N) is 1. The molecule has 0 atom stereocenters. The first-order valence-electron chi connectivity index (χ1n) is 8.20. The lowest BCUT2D eigenvalue weighted by Gasteiger charge is -2.23. The summed E-state index contributed by atoms with van der Waals surface area (Å²) in [4.78, 5) is 7.20. The van der Waals surface area contributed by atoms with Crippen molar-refractivity contribution in [3.05, 3.63) is 23.4 Å². The Labute approximate surface area is 124 Å². The van der Waals surface area contributed by atoms with Crippen LogP contribution in [0.3, 0.4) is 0 Å². The molecule has 0 saturated carbocycles. The van der Waals surface area contributed by atoms with Crippen molar-refractivity contribution in [1.82, 2.24) is 10.3 Å². The normalized spacial score (nSPS) is 10.8. The van der Waals surface area contributed by atoms with Gasteiger partial charge in [0.1, 0.15) is 5.82 Å². The fourth-order valence-corrected chi connectivity index (χ4v) is 2.27. The maximum absolute atomic E-state index is 4.80. The van der Waals surface area contributed by atoms with Crippen molar-refractivity contribution >= 4 is 5.82 Å². The van der Waals surface area contributed by atoms with E-state index in [1.165, 1.54) is 30.5 Å². The Morgan fingerprint density at radius 3 is 2.50 bits per heavy atom. The summed E-state index contributed by atoms with van der Waals surface area (Å²) in [6.45, 7) is 13.0. The van der Waals surface area contributed by atoms with Crippen molar-refractivity contribution in [2.75, 3.05) is 24.5 Å². The molecule has 3 nitrogen and oxygen atoms in total. The van der Waals surface area contributed by atoms with Crippen molar-refractivity contribution in [1.29, 1.82) is 0 Å². The number of anilines is 1. The van der Waals surface area contributed by atoms with E-state index in [2.05, 4.69) is 50.0 Å². The maximum Gasteiger partial charge on any atom is 0.129 e. The third kappa shape index (κ3) is 5.49. The second-order valence-electron chi connectivity index (χ2n) is 5.29. The van der Waals surface area contributed by atoms with Crippen LogP contribution in [0, 0.1) is 0 Å². The minimum absolute atomic E-state index is 0.946. The highest BCUT2D eigenvalue weighted by atomic mass is 15.2. The third-order valence-corrected chi connectivity index (χ3v) is 3.53. The van der Waals surface area contributed by atoms with E-state index < -0.39 is 0 Å². The van der Waals surface area contributed by atoms with Gasteiger partial charge in [0, 0.05) is 25.3 Å².